The third-order valence-corrected chi connectivity index (χ3v) is 7.52. The summed E-state index contributed by atoms with van der Waals surface area (Å²) in [5, 5.41) is 7.94. The molecule has 3 atom stereocenters. The summed E-state index contributed by atoms with van der Waals surface area (Å²) < 4.78 is 5.30. The van der Waals surface area contributed by atoms with E-state index in [-0.39, 0.29) is 17.4 Å². The number of benzene rings is 1. The molecule has 2 aromatic rings. The maximum atomic E-state index is 12.5. The Morgan fingerprint density at radius 1 is 1.30 bits per heavy atom. The van der Waals surface area contributed by atoms with Gasteiger partial charge in [-0.1, -0.05) is 37.5 Å². The van der Waals surface area contributed by atoms with E-state index in [2.05, 4.69) is 36.2 Å². The molecule has 1 heterocycles. The monoisotopic (exact) mass is 387 g/mol. The molecule has 144 valence electrons. The summed E-state index contributed by atoms with van der Waals surface area (Å²) in [4.78, 5) is 16.9. The van der Waals surface area contributed by atoms with E-state index in [1.165, 1.54) is 12.8 Å². The van der Waals surface area contributed by atoms with Crippen molar-refractivity contribution in [3.8, 4) is 11.4 Å². The molecule has 3 unspecified atom stereocenters. The lowest BCUT2D eigenvalue weighted by molar-refractivity contribution is -0.122. The Balaban J connectivity index is 1.33. The number of rotatable bonds is 5. The van der Waals surface area contributed by atoms with Gasteiger partial charge in [-0.3, -0.25) is 4.79 Å². The highest BCUT2D eigenvalue weighted by Gasteiger charge is 2.61. The van der Waals surface area contributed by atoms with Gasteiger partial charge in [0.25, 0.3) is 0 Å². The topological polar surface area (TPSA) is 68.0 Å². The normalized spacial score (nSPS) is 28.4. The fourth-order valence-electron chi connectivity index (χ4n) is 4.98. The number of hydrogen-bond donors (Lipinski definition) is 1. The SMILES string of the molecule is CC1(C)C2CCC1(C)C(NC(=O)CCc1nc(-c3ccc(Cl)cc3)no1)C2. The van der Waals surface area contributed by atoms with Gasteiger partial charge >= 0.3 is 0 Å². The zero-order chi connectivity index (χ0) is 19.2. The van der Waals surface area contributed by atoms with Crippen LogP contribution in [0.2, 0.25) is 5.02 Å². The Bertz CT molecular complexity index is 845. The van der Waals surface area contributed by atoms with E-state index in [9.17, 15) is 4.79 Å². The van der Waals surface area contributed by atoms with Crippen molar-refractivity contribution < 1.29 is 9.32 Å². The Labute approximate surface area is 164 Å². The van der Waals surface area contributed by atoms with Crippen LogP contribution in [0.15, 0.2) is 28.8 Å². The quantitative estimate of drug-likeness (QED) is 0.810. The first-order valence-electron chi connectivity index (χ1n) is 9.67. The summed E-state index contributed by atoms with van der Waals surface area (Å²) in [6, 6.07) is 7.55. The molecule has 0 spiro atoms. The molecule has 4 rings (SSSR count). The van der Waals surface area contributed by atoms with E-state index >= 15 is 0 Å². The Morgan fingerprint density at radius 3 is 2.67 bits per heavy atom. The van der Waals surface area contributed by atoms with Gasteiger partial charge in [0, 0.05) is 29.5 Å². The highest BCUT2D eigenvalue weighted by molar-refractivity contribution is 6.30. The number of carbonyl (C=O) groups excluding carboxylic acids is 1. The Hall–Kier alpha value is -1.88. The standard InChI is InChI=1S/C21H26ClN3O2/c1-20(2)14-10-11-21(20,3)16(12-14)23-17(26)8-9-18-24-19(25-27-18)13-4-6-15(22)7-5-13/h4-7,14,16H,8-12H2,1-3H3,(H,23,26). The van der Waals surface area contributed by atoms with E-state index in [1.807, 2.05) is 12.1 Å². The van der Waals surface area contributed by atoms with Crippen molar-refractivity contribution >= 4 is 17.5 Å². The molecular weight excluding hydrogens is 362 g/mol. The number of fused-ring (bicyclic) bond motifs is 2. The van der Waals surface area contributed by atoms with Gasteiger partial charge in [-0.25, -0.2) is 0 Å². The summed E-state index contributed by atoms with van der Waals surface area (Å²) in [5.41, 5.74) is 1.33. The molecule has 6 heteroatoms. The number of halogens is 1. The third kappa shape index (κ3) is 3.16. The predicted molar refractivity (Wildman–Crippen MR) is 104 cm³/mol. The molecule has 1 aromatic heterocycles. The molecule has 1 amide bonds. The van der Waals surface area contributed by atoms with Gasteiger partial charge in [-0.05, 0) is 60.3 Å². The summed E-state index contributed by atoms with van der Waals surface area (Å²) in [5.74, 6) is 1.78. The molecular formula is C21H26ClN3O2. The number of nitrogens with one attached hydrogen (secondary N) is 1. The molecule has 1 N–H and O–H groups in total. The van der Waals surface area contributed by atoms with E-state index in [0.29, 0.717) is 40.9 Å². The summed E-state index contributed by atoms with van der Waals surface area (Å²) >= 11 is 5.90. The molecule has 27 heavy (non-hydrogen) atoms. The summed E-state index contributed by atoms with van der Waals surface area (Å²) in [7, 11) is 0. The fourth-order valence-corrected chi connectivity index (χ4v) is 5.11. The van der Waals surface area contributed by atoms with Crippen molar-refractivity contribution in [3.63, 3.8) is 0 Å². The van der Waals surface area contributed by atoms with Crippen LogP contribution in [0.5, 0.6) is 0 Å². The van der Waals surface area contributed by atoms with Crippen LogP contribution in [0.25, 0.3) is 11.4 Å². The van der Waals surface area contributed by atoms with Gasteiger partial charge in [0.15, 0.2) is 0 Å². The van der Waals surface area contributed by atoms with Crippen LogP contribution in [-0.2, 0) is 11.2 Å². The molecule has 2 bridgehead atoms. The molecule has 0 aliphatic heterocycles. The van der Waals surface area contributed by atoms with Gasteiger partial charge < -0.3 is 9.84 Å². The van der Waals surface area contributed by atoms with Crippen molar-refractivity contribution in [2.75, 3.05) is 0 Å². The van der Waals surface area contributed by atoms with Crippen molar-refractivity contribution in [1.29, 1.82) is 0 Å². The van der Waals surface area contributed by atoms with Gasteiger partial charge in [-0.2, -0.15) is 4.98 Å². The number of carbonyl (C=O) groups is 1. The average Bonchev–Trinajstić information content (AvgIpc) is 3.24. The molecule has 2 saturated carbocycles. The van der Waals surface area contributed by atoms with Crippen molar-refractivity contribution in [2.24, 2.45) is 16.7 Å². The minimum Gasteiger partial charge on any atom is -0.353 e. The molecule has 2 aliphatic carbocycles. The predicted octanol–water partition coefficient (Wildman–Crippen LogP) is 4.65. The van der Waals surface area contributed by atoms with Gasteiger partial charge in [0.2, 0.25) is 17.6 Å². The van der Waals surface area contributed by atoms with Gasteiger partial charge in [-0.15, -0.1) is 0 Å². The van der Waals surface area contributed by atoms with E-state index in [1.54, 1.807) is 12.1 Å². The van der Waals surface area contributed by atoms with Crippen molar-refractivity contribution in [1.82, 2.24) is 15.5 Å². The number of aryl methyl sites for hydroxylation is 1. The Kier molecular flexibility index (Phi) is 4.53. The van der Waals surface area contributed by atoms with Crippen molar-refractivity contribution in [3.05, 3.63) is 35.2 Å². The highest BCUT2D eigenvalue weighted by atomic mass is 35.5. The highest BCUT2D eigenvalue weighted by Crippen LogP contribution is 2.65. The molecule has 0 radical (unpaired) electrons. The lowest BCUT2D eigenvalue weighted by atomic mass is 9.69. The molecule has 0 saturated heterocycles. The maximum absolute atomic E-state index is 12.5. The molecule has 2 aliphatic rings. The lowest BCUT2D eigenvalue weighted by Crippen LogP contribution is -2.46. The van der Waals surface area contributed by atoms with Crippen LogP contribution in [0, 0.1) is 16.7 Å². The fraction of sp³-hybridized carbons (Fsp3) is 0.571. The van der Waals surface area contributed by atoms with Crippen LogP contribution < -0.4 is 5.32 Å². The zero-order valence-electron chi connectivity index (χ0n) is 16.1. The van der Waals surface area contributed by atoms with E-state index < -0.39 is 0 Å². The van der Waals surface area contributed by atoms with Gasteiger partial charge in [0.05, 0.1) is 0 Å². The van der Waals surface area contributed by atoms with Crippen LogP contribution in [0.4, 0.5) is 0 Å². The number of hydrogen-bond acceptors (Lipinski definition) is 4. The van der Waals surface area contributed by atoms with E-state index in [0.717, 1.165) is 12.0 Å². The Morgan fingerprint density at radius 2 is 2.04 bits per heavy atom. The van der Waals surface area contributed by atoms with Gasteiger partial charge in [0.1, 0.15) is 0 Å². The molecule has 1 aromatic carbocycles. The second-order valence-corrected chi connectivity index (χ2v) is 9.19. The number of nitrogens with zero attached hydrogens (tertiary/aromatic N) is 2. The lowest BCUT2D eigenvalue weighted by Gasteiger charge is -2.39. The summed E-state index contributed by atoms with van der Waals surface area (Å²) in [6.45, 7) is 7.04. The van der Waals surface area contributed by atoms with E-state index in [4.69, 9.17) is 16.1 Å². The smallest absolute Gasteiger partial charge is 0.227 e. The van der Waals surface area contributed by atoms with Crippen molar-refractivity contribution in [2.45, 2.75) is 58.9 Å². The second-order valence-electron chi connectivity index (χ2n) is 8.75. The minimum atomic E-state index is 0.0656. The molecule has 2 fully saturated rings. The summed E-state index contributed by atoms with van der Waals surface area (Å²) in [6.07, 6.45) is 4.38. The van der Waals surface area contributed by atoms with Crippen LogP contribution >= 0.6 is 11.6 Å². The third-order valence-electron chi connectivity index (χ3n) is 7.27. The largest absolute Gasteiger partial charge is 0.353 e. The first-order valence-corrected chi connectivity index (χ1v) is 10.1. The second kappa shape index (κ2) is 6.62. The van der Waals surface area contributed by atoms with Crippen LogP contribution in [-0.4, -0.2) is 22.1 Å². The first-order chi connectivity index (χ1) is 12.8. The average molecular weight is 388 g/mol. The first kappa shape index (κ1) is 18.5. The maximum Gasteiger partial charge on any atom is 0.227 e. The van der Waals surface area contributed by atoms with Crippen LogP contribution in [0.1, 0.15) is 52.3 Å². The molecule has 5 nitrogen and oxygen atoms in total. The zero-order valence-corrected chi connectivity index (χ0v) is 16.8. The number of aromatic nitrogens is 2. The van der Waals surface area contributed by atoms with Crippen LogP contribution in [0.3, 0.4) is 0 Å². The number of amides is 1. The minimum absolute atomic E-state index is 0.0656.